The molecular formula is C31H38N2O3. The molecule has 0 aromatic heterocycles. The van der Waals surface area contributed by atoms with Crippen LogP contribution in [0.1, 0.15) is 47.6 Å². The van der Waals surface area contributed by atoms with Crippen LogP contribution >= 0.6 is 0 Å². The van der Waals surface area contributed by atoms with Crippen molar-refractivity contribution in [3.05, 3.63) is 101 Å². The molecule has 3 aromatic carbocycles. The number of nitrogens with one attached hydrogen (secondary N) is 1. The zero-order valence-corrected chi connectivity index (χ0v) is 21.9. The Morgan fingerprint density at radius 3 is 2.31 bits per heavy atom. The van der Waals surface area contributed by atoms with Crippen LogP contribution in [0.15, 0.2) is 72.8 Å². The Kier molecular flexibility index (Phi) is 10.1. The van der Waals surface area contributed by atoms with Crippen molar-refractivity contribution in [3.8, 4) is 5.75 Å². The third-order valence-corrected chi connectivity index (χ3v) is 6.61. The second kappa shape index (κ2) is 13.5. The zero-order valence-electron chi connectivity index (χ0n) is 21.9. The van der Waals surface area contributed by atoms with Crippen molar-refractivity contribution in [1.82, 2.24) is 10.2 Å². The number of nitrogens with zero attached hydrogens (tertiary/aromatic N) is 1. The van der Waals surface area contributed by atoms with E-state index in [0.717, 1.165) is 40.7 Å². The Morgan fingerprint density at radius 2 is 1.58 bits per heavy atom. The molecule has 1 N–H and O–H groups in total. The number of carbonyl (C=O) groups excluding carboxylic acids is 2. The van der Waals surface area contributed by atoms with E-state index in [2.05, 4.69) is 12.2 Å². The van der Waals surface area contributed by atoms with E-state index in [1.165, 1.54) is 0 Å². The summed E-state index contributed by atoms with van der Waals surface area (Å²) in [5, 5.41) is 3.06. The van der Waals surface area contributed by atoms with Gasteiger partial charge in [-0.25, -0.2) is 0 Å². The highest BCUT2D eigenvalue weighted by molar-refractivity contribution is 5.88. The molecule has 0 fully saturated rings. The first-order valence-electron chi connectivity index (χ1n) is 12.7. The van der Waals surface area contributed by atoms with Crippen molar-refractivity contribution in [3.63, 3.8) is 0 Å². The molecule has 5 heteroatoms. The lowest BCUT2D eigenvalue weighted by atomic mass is 10.0. The molecule has 0 heterocycles. The van der Waals surface area contributed by atoms with Crippen LogP contribution in [0.2, 0.25) is 0 Å². The van der Waals surface area contributed by atoms with E-state index in [0.29, 0.717) is 25.3 Å². The van der Waals surface area contributed by atoms with E-state index in [1.807, 2.05) is 93.6 Å². The molecule has 0 bridgehead atoms. The highest BCUT2D eigenvalue weighted by atomic mass is 16.5. The number of carbonyl (C=O) groups is 2. The predicted molar refractivity (Wildman–Crippen MR) is 145 cm³/mol. The quantitative estimate of drug-likeness (QED) is 0.342. The van der Waals surface area contributed by atoms with Crippen LogP contribution in [0, 0.1) is 20.8 Å². The minimum absolute atomic E-state index is 0.135. The van der Waals surface area contributed by atoms with E-state index < -0.39 is 6.04 Å². The molecule has 0 aliphatic rings. The van der Waals surface area contributed by atoms with E-state index in [-0.39, 0.29) is 18.4 Å². The van der Waals surface area contributed by atoms with Crippen molar-refractivity contribution in [2.45, 2.75) is 59.5 Å². The lowest BCUT2D eigenvalue weighted by Gasteiger charge is -2.32. The van der Waals surface area contributed by atoms with Crippen LogP contribution in [-0.2, 0) is 22.6 Å². The van der Waals surface area contributed by atoms with Gasteiger partial charge in [-0.3, -0.25) is 9.59 Å². The molecule has 2 amide bonds. The summed E-state index contributed by atoms with van der Waals surface area (Å²) in [7, 11) is 0. The van der Waals surface area contributed by atoms with Crippen LogP contribution in [0.3, 0.4) is 0 Å². The number of aryl methyl sites for hydroxylation is 2. The lowest BCUT2D eigenvalue weighted by Crippen LogP contribution is -2.52. The highest BCUT2D eigenvalue weighted by Gasteiger charge is 2.31. The maximum atomic E-state index is 13.7. The van der Waals surface area contributed by atoms with Crippen molar-refractivity contribution < 1.29 is 14.3 Å². The molecule has 0 aliphatic heterocycles. The van der Waals surface area contributed by atoms with Gasteiger partial charge in [-0.1, -0.05) is 80.1 Å². The monoisotopic (exact) mass is 486 g/mol. The van der Waals surface area contributed by atoms with Gasteiger partial charge >= 0.3 is 0 Å². The van der Waals surface area contributed by atoms with E-state index >= 15 is 0 Å². The molecule has 0 saturated carbocycles. The van der Waals surface area contributed by atoms with Gasteiger partial charge in [0.15, 0.2) is 6.61 Å². The molecule has 0 radical (unpaired) electrons. The summed E-state index contributed by atoms with van der Waals surface area (Å²) in [6.45, 7) is 8.91. The maximum absolute atomic E-state index is 13.7. The largest absolute Gasteiger partial charge is 0.483 e. The van der Waals surface area contributed by atoms with Crippen LogP contribution in [0.4, 0.5) is 0 Å². The molecule has 5 nitrogen and oxygen atoms in total. The fraction of sp³-hybridized carbons (Fsp3) is 0.355. The van der Waals surface area contributed by atoms with Gasteiger partial charge in [0.25, 0.3) is 5.91 Å². The van der Waals surface area contributed by atoms with Crippen molar-refractivity contribution in [2.75, 3.05) is 13.2 Å². The zero-order chi connectivity index (χ0) is 25.9. The average molecular weight is 487 g/mol. The molecule has 36 heavy (non-hydrogen) atoms. The third kappa shape index (κ3) is 7.45. The molecular weight excluding hydrogens is 448 g/mol. The highest BCUT2D eigenvalue weighted by Crippen LogP contribution is 2.22. The average Bonchev–Trinajstić information content (AvgIpc) is 2.88. The standard InChI is InChI=1S/C31H38N2O3/c1-5-6-19-32-31(35)28(20-26-15-8-7-9-16-26)33(21-27-17-11-10-13-24(27)3)30(34)22-36-29-18-12-14-23(2)25(29)4/h7-18,28H,5-6,19-22H2,1-4H3,(H,32,35)/t28-/m0/s1. The van der Waals surface area contributed by atoms with Crippen LogP contribution < -0.4 is 10.1 Å². The van der Waals surface area contributed by atoms with Crippen molar-refractivity contribution in [2.24, 2.45) is 0 Å². The van der Waals surface area contributed by atoms with Crippen molar-refractivity contribution in [1.29, 1.82) is 0 Å². The van der Waals surface area contributed by atoms with Gasteiger partial charge in [-0.05, 0) is 61.1 Å². The lowest BCUT2D eigenvalue weighted by molar-refractivity contribution is -0.142. The summed E-state index contributed by atoms with van der Waals surface area (Å²) in [5.41, 5.74) is 5.21. The second-order valence-corrected chi connectivity index (χ2v) is 9.28. The fourth-order valence-corrected chi connectivity index (χ4v) is 4.13. The fourth-order valence-electron chi connectivity index (χ4n) is 4.13. The number of hydrogen-bond acceptors (Lipinski definition) is 3. The molecule has 0 aliphatic carbocycles. The topological polar surface area (TPSA) is 58.6 Å². The number of rotatable bonds is 12. The Balaban J connectivity index is 1.91. The van der Waals surface area contributed by atoms with Gasteiger partial charge in [0.2, 0.25) is 5.91 Å². The summed E-state index contributed by atoms with van der Waals surface area (Å²) < 4.78 is 5.98. The minimum Gasteiger partial charge on any atom is -0.483 e. The van der Waals surface area contributed by atoms with Gasteiger partial charge < -0.3 is 15.0 Å². The second-order valence-electron chi connectivity index (χ2n) is 9.28. The van der Waals surface area contributed by atoms with Gasteiger partial charge in [-0.15, -0.1) is 0 Å². The minimum atomic E-state index is -0.654. The summed E-state index contributed by atoms with van der Waals surface area (Å²) in [6.07, 6.45) is 2.31. The summed E-state index contributed by atoms with van der Waals surface area (Å²) in [4.78, 5) is 28.9. The Bertz CT molecular complexity index is 1140. The molecule has 0 unspecified atom stereocenters. The molecule has 0 spiro atoms. The van der Waals surface area contributed by atoms with Gasteiger partial charge in [0.05, 0.1) is 0 Å². The van der Waals surface area contributed by atoms with Crippen LogP contribution in [0.5, 0.6) is 5.75 Å². The Hall–Kier alpha value is -3.60. The summed E-state index contributed by atoms with van der Waals surface area (Å²) in [6, 6.07) is 23.0. The maximum Gasteiger partial charge on any atom is 0.261 e. The molecule has 0 saturated heterocycles. The number of benzene rings is 3. The SMILES string of the molecule is CCCCNC(=O)[C@H](Cc1ccccc1)N(Cc1ccccc1C)C(=O)COc1cccc(C)c1C. The summed E-state index contributed by atoms with van der Waals surface area (Å²) in [5.74, 6) is 0.331. The van der Waals surface area contributed by atoms with Crippen molar-refractivity contribution >= 4 is 11.8 Å². The van der Waals surface area contributed by atoms with Gasteiger partial charge in [0, 0.05) is 19.5 Å². The molecule has 190 valence electrons. The van der Waals surface area contributed by atoms with E-state index in [9.17, 15) is 9.59 Å². The Labute approximate surface area is 215 Å². The Morgan fingerprint density at radius 1 is 0.889 bits per heavy atom. The number of ether oxygens (including phenoxy) is 1. The first kappa shape index (κ1) is 27.0. The first-order chi connectivity index (χ1) is 17.4. The molecule has 3 aromatic rings. The summed E-state index contributed by atoms with van der Waals surface area (Å²) >= 11 is 0. The molecule has 1 atom stereocenters. The van der Waals surface area contributed by atoms with Crippen LogP contribution in [-0.4, -0.2) is 35.9 Å². The van der Waals surface area contributed by atoms with Gasteiger partial charge in [0.1, 0.15) is 11.8 Å². The normalized spacial score (nSPS) is 11.6. The smallest absolute Gasteiger partial charge is 0.261 e. The van der Waals surface area contributed by atoms with E-state index in [4.69, 9.17) is 4.74 Å². The predicted octanol–water partition coefficient (Wildman–Crippen LogP) is 5.55. The number of hydrogen-bond donors (Lipinski definition) is 1. The number of amides is 2. The number of unbranched alkanes of at least 4 members (excludes halogenated alkanes) is 1. The van der Waals surface area contributed by atoms with E-state index in [1.54, 1.807) is 4.90 Å². The molecule has 3 rings (SSSR count). The first-order valence-corrected chi connectivity index (χ1v) is 12.7. The van der Waals surface area contributed by atoms with Gasteiger partial charge in [-0.2, -0.15) is 0 Å². The van der Waals surface area contributed by atoms with Crippen LogP contribution in [0.25, 0.3) is 0 Å². The third-order valence-electron chi connectivity index (χ3n) is 6.61.